The quantitative estimate of drug-likeness (QED) is 0.188. The summed E-state index contributed by atoms with van der Waals surface area (Å²) >= 11 is 0. The molecule has 0 radical (unpaired) electrons. The lowest BCUT2D eigenvalue weighted by Gasteiger charge is -2.32. The predicted molar refractivity (Wildman–Crippen MR) is 180 cm³/mol. The summed E-state index contributed by atoms with van der Waals surface area (Å²) in [4.78, 5) is 39.7. The van der Waals surface area contributed by atoms with Gasteiger partial charge in [0.15, 0.2) is 10.7 Å². The molecule has 7 rings (SSSR count). The largest absolute Gasteiger partial charge is 0.336 e. The van der Waals surface area contributed by atoms with E-state index in [2.05, 4.69) is 62.6 Å². The molecule has 1 fully saturated rings. The maximum absolute atomic E-state index is 13.2. The molecule has 0 saturated carbocycles. The first-order valence-corrected chi connectivity index (χ1v) is 17.2. The van der Waals surface area contributed by atoms with Crippen molar-refractivity contribution in [1.29, 1.82) is 0 Å². The number of amides is 1. The molecule has 1 aliphatic heterocycles. The van der Waals surface area contributed by atoms with Gasteiger partial charge in [-0.15, -0.1) is 0 Å². The Kier molecular flexibility index (Phi) is 8.53. The van der Waals surface area contributed by atoms with E-state index in [4.69, 9.17) is 10.7 Å². The molecule has 0 spiro atoms. The molecule has 1 aromatic carbocycles. The number of halogens is 1. The second-order valence-electron chi connectivity index (χ2n) is 11.3. The van der Waals surface area contributed by atoms with E-state index in [1.165, 1.54) is 30.4 Å². The van der Waals surface area contributed by atoms with Gasteiger partial charge in [-0.2, -0.15) is 5.10 Å². The molecular weight excluding hydrogens is 656 g/mol. The number of nitrogens with zero attached hydrogens (tertiary/aromatic N) is 9. The number of likely N-dealkylation sites (N-methyl/N-ethyl adjacent to an activating group) is 1. The molecule has 244 valence electrons. The fraction of sp³-hybridized carbons (Fsp3) is 0.194. The number of carbonyl (C=O) groups excluding carboxylic acids is 1. The topological polar surface area (TPSA) is 180 Å². The summed E-state index contributed by atoms with van der Waals surface area (Å²) in [5, 5.41) is 13.4. The van der Waals surface area contributed by atoms with Crippen molar-refractivity contribution < 1.29 is 13.2 Å². The van der Waals surface area contributed by atoms with Gasteiger partial charge in [-0.05, 0) is 42.9 Å². The van der Waals surface area contributed by atoms with E-state index in [9.17, 15) is 13.2 Å². The van der Waals surface area contributed by atoms with E-state index < -0.39 is 9.05 Å². The smallest absolute Gasteiger partial charge is 0.278 e. The Bertz CT molecular complexity index is 2180. The maximum Gasteiger partial charge on any atom is 0.278 e. The van der Waals surface area contributed by atoms with Crippen molar-refractivity contribution in [3.05, 3.63) is 91.0 Å². The normalized spacial score (nSPS) is 14.3. The summed E-state index contributed by atoms with van der Waals surface area (Å²) in [5.74, 6) is 0.455. The van der Waals surface area contributed by atoms with Crippen molar-refractivity contribution in [2.75, 3.05) is 43.9 Å². The monoisotopic (exact) mass is 684 g/mol. The Morgan fingerprint density at radius 2 is 1.65 bits per heavy atom. The molecule has 6 aromatic rings. The fourth-order valence-corrected chi connectivity index (χ4v) is 6.02. The van der Waals surface area contributed by atoms with Crippen molar-refractivity contribution in [3.63, 3.8) is 0 Å². The molecule has 1 amide bonds. The first kappa shape index (κ1) is 31.3. The van der Waals surface area contributed by atoms with Crippen molar-refractivity contribution in [1.82, 2.24) is 49.5 Å². The first-order valence-electron chi connectivity index (χ1n) is 14.9. The SMILES string of the molecule is CN1CCN(Cc2ccc(NC(=O)c3[nH]ncc3Nc3ncnc4c3ccn4-c3ncc(-c4ccc(S(=O)(=O)Cl)nc4)cn3)cc2)CC1. The molecule has 5 aromatic heterocycles. The van der Waals surface area contributed by atoms with E-state index in [1.807, 2.05) is 30.3 Å². The lowest BCUT2D eigenvalue weighted by Crippen LogP contribution is -2.43. The van der Waals surface area contributed by atoms with Crippen LogP contribution in [0.4, 0.5) is 17.2 Å². The van der Waals surface area contributed by atoms with Crippen LogP contribution in [0, 0.1) is 0 Å². The first-order chi connectivity index (χ1) is 23.2. The fourth-order valence-electron chi connectivity index (χ4n) is 5.34. The lowest BCUT2D eigenvalue weighted by atomic mass is 10.1. The molecule has 3 N–H and O–H groups in total. The van der Waals surface area contributed by atoms with E-state index in [-0.39, 0.29) is 16.6 Å². The van der Waals surface area contributed by atoms with E-state index >= 15 is 0 Å². The maximum atomic E-state index is 13.2. The second kappa shape index (κ2) is 13.1. The molecule has 0 atom stereocenters. The highest BCUT2D eigenvalue weighted by Gasteiger charge is 2.19. The number of piperazine rings is 1. The van der Waals surface area contributed by atoms with E-state index in [1.54, 1.807) is 29.2 Å². The van der Waals surface area contributed by atoms with Crippen molar-refractivity contribution in [2.45, 2.75) is 11.6 Å². The number of nitrogens with one attached hydrogen (secondary N) is 3. The molecule has 1 saturated heterocycles. The number of H-pyrrole nitrogens is 1. The number of fused-ring (bicyclic) bond motifs is 1. The third-order valence-corrected chi connectivity index (χ3v) is 9.20. The summed E-state index contributed by atoms with van der Waals surface area (Å²) in [6, 6.07) is 12.6. The van der Waals surface area contributed by atoms with Crippen molar-refractivity contribution in [2.24, 2.45) is 0 Å². The van der Waals surface area contributed by atoms with Gasteiger partial charge in [0.05, 0.1) is 17.3 Å². The van der Waals surface area contributed by atoms with Gasteiger partial charge in [-0.25, -0.2) is 33.3 Å². The van der Waals surface area contributed by atoms with Gasteiger partial charge in [0.1, 0.15) is 17.8 Å². The van der Waals surface area contributed by atoms with Crippen LogP contribution in [-0.4, -0.2) is 97.0 Å². The zero-order valence-electron chi connectivity index (χ0n) is 25.6. The highest BCUT2D eigenvalue weighted by atomic mass is 35.7. The molecular formula is C31H29ClN12O3S. The molecule has 0 aliphatic carbocycles. The second-order valence-corrected chi connectivity index (χ2v) is 13.8. The number of aromatic nitrogens is 8. The highest BCUT2D eigenvalue weighted by Crippen LogP contribution is 2.27. The summed E-state index contributed by atoms with van der Waals surface area (Å²) in [7, 11) is 3.58. The van der Waals surface area contributed by atoms with Gasteiger partial charge in [-0.1, -0.05) is 12.1 Å². The van der Waals surface area contributed by atoms with Crippen LogP contribution in [0.2, 0.25) is 0 Å². The minimum absolute atomic E-state index is 0.238. The van der Waals surface area contributed by atoms with Crippen LogP contribution < -0.4 is 10.6 Å². The number of hydrogen-bond donors (Lipinski definition) is 3. The highest BCUT2D eigenvalue weighted by molar-refractivity contribution is 8.13. The van der Waals surface area contributed by atoms with Crippen LogP contribution in [0.25, 0.3) is 28.1 Å². The lowest BCUT2D eigenvalue weighted by molar-refractivity contribution is 0.102. The van der Waals surface area contributed by atoms with Crippen LogP contribution in [-0.2, 0) is 15.6 Å². The van der Waals surface area contributed by atoms with Crippen LogP contribution in [0.1, 0.15) is 16.1 Å². The van der Waals surface area contributed by atoms with Gasteiger partial charge in [0, 0.05) is 85.0 Å². The Balaban J connectivity index is 1.04. The summed E-state index contributed by atoms with van der Waals surface area (Å²) in [6.45, 7) is 5.08. The van der Waals surface area contributed by atoms with Gasteiger partial charge in [0.2, 0.25) is 5.95 Å². The number of pyridine rings is 1. The van der Waals surface area contributed by atoms with Crippen LogP contribution in [0.3, 0.4) is 0 Å². The van der Waals surface area contributed by atoms with Crippen LogP contribution >= 0.6 is 10.7 Å². The van der Waals surface area contributed by atoms with Crippen molar-refractivity contribution in [3.8, 4) is 17.1 Å². The number of carbonyl (C=O) groups is 1. The Morgan fingerprint density at radius 1 is 0.896 bits per heavy atom. The molecule has 17 heteroatoms. The Labute approximate surface area is 279 Å². The minimum Gasteiger partial charge on any atom is -0.336 e. The Hall–Kier alpha value is -5.29. The van der Waals surface area contributed by atoms with E-state index in [0.717, 1.165) is 32.7 Å². The number of rotatable bonds is 9. The van der Waals surface area contributed by atoms with Crippen LogP contribution in [0.15, 0.2) is 84.8 Å². The molecule has 0 unspecified atom stereocenters. The zero-order valence-corrected chi connectivity index (χ0v) is 27.1. The Morgan fingerprint density at radius 3 is 2.35 bits per heavy atom. The van der Waals surface area contributed by atoms with Crippen molar-refractivity contribution >= 4 is 53.9 Å². The third-order valence-electron chi connectivity index (χ3n) is 7.99. The van der Waals surface area contributed by atoms with Crippen LogP contribution in [0.5, 0.6) is 0 Å². The summed E-state index contributed by atoms with van der Waals surface area (Å²) in [5.41, 5.74) is 4.33. The molecule has 48 heavy (non-hydrogen) atoms. The number of aromatic amines is 1. The van der Waals surface area contributed by atoms with Gasteiger partial charge in [-0.3, -0.25) is 19.4 Å². The number of hydrogen-bond acceptors (Lipinski definition) is 12. The molecule has 1 aliphatic rings. The zero-order chi connectivity index (χ0) is 33.3. The minimum atomic E-state index is -3.92. The average Bonchev–Trinajstić information content (AvgIpc) is 3.75. The average molecular weight is 685 g/mol. The molecule has 0 bridgehead atoms. The van der Waals surface area contributed by atoms with Gasteiger partial charge in [0.25, 0.3) is 15.0 Å². The number of benzene rings is 1. The number of anilines is 3. The summed E-state index contributed by atoms with van der Waals surface area (Å²) in [6.07, 6.45) is 9.26. The molecule has 15 nitrogen and oxygen atoms in total. The van der Waals surface area contributed by atoms with E-state index in [0.29, 0.717) is 45.3 Å². The standard InChI is InChI=1S/C31H29ClN12O3S/c1-42-10-12-43(13-11-42)18-20-2-5-23(6-3-20)39-30(45)27-25(17-38-41-27)40-28-24-8-9-44(29(24)37-19-36-28)31-34-15-22(16-35-31)21-4-7-26(33-14-21)48(32,46)47/h2-9,14-17,19H,10-13,18H2,1H3,(H,38,41)(H,39,45)(H,36,37,40). The molecule has 6 heterocycles. The van der Waals surface area contributed by atoms with Gasteiger partial charge < -0.3 is 15.5 Å². The predicted octanol–water partition coefficient (Wildman–Crippen LogP) is 3.67. The summed E-state index contributed by atoms with van der Waals surface area (Å²) < 4.78 is 24.7. The van der Waals surface area contributed by atoms with Gasteiger partial charge >= 0.3 is 0 Å². The third kappa shape index (κ3) is 6.72.